The van der Waals surface area contributed by atoms with E-state index < -0.39 is 0 Å². The van der Waals surface area contributed by atoms with E-state index in [2.05, 4.69) is 20.9 Å². The Morgan fingerprint density at radius 3 is 2.60 bits per heavy atom. The van der Waals surface area contributed by atoms with Gasteiger partial charge < -0.3 is 9.88 Å². The predicted molar refractivity (Wildman–Crippen MR) is 125 cm³/mol. The molecule has 0 aliphatic carbocycles. The lowest BCUT2D eigenvalue weighted by atomic mass is 10.1. The van der Waals surface area contributed by atoms with E-state index in [1.807, 2.05) is 53.9 Å². The van der Waals surface area contributed by atoms with Gasteiger partial charge in [0.15, 0.2) is 0 Å². The summed E-state index contributed by atoms with van der Waals surface area (Å²) in [5, 5.41) is 3.46. The Labute approximate surface area is 183 Å². The third-order valence-electron chi connectivity index (χ3n) is 5.50. The van der Waals surface area contributed by atoms with Crippen LogP contribution in [0.4, 0.5) is 5.69 Å². The summed E-state index contributed by atoms with van der Waals surface area (Å²) in [5.74, 6) is 0.727. The number of thiophene rings is 1. The number of rotatable bonds is 4. The number of halogens is 1. The van der Waals surface area contributed by atoms with Crippen LogP contribution in [0.25, 0.3) is 21.3 Å². The maximum atomic E-state index is 12.8. The minimum absolute atomic E-state index is 0.0623. The summed E-state index contributed by atoms with van der Waals surface area (Å²) in [6.45, 7) is 4.31. The lowest BCUT2D eigenvalue weighted by Gasteiger charge is -2.35. The molecule has 1 aliphatic rings. The van der Waals surface area contributed by atoms with Crippen LogP contribution in [0.15, 0.2) is 64.8 Å². The molecular formula is C23H21ClN4OS. The molecule has 5 nitrogen and oxygen atoms in total. The summed E-state index contributed by atoms with van der Waals surface area (Å²) in [6, 6.07) is 18.0. The quantitative estimate of drug-likeness (QED) is 0.507. The van der Waals surface area contributed by atoms with Crippen LogP contribution in [0.5, 0.6) is 0 Å². The third-order valence-corrected chi connectivity index (χ3v) is 6.60. The van der Waals surface area contributed by atoms with Gasteiger partial charge in [-0.3, -0.25) is 9.69 Å². The topological polar surface area (TPSA) is 52.2 Å². The van der Waals surface area contributed by atoms with Gasteiger partial charge in [0.05, 0.1) is 11.9 Å². The molecule has 1 saturated heterocycles. The molecule has 0 radical (unpaired) electrons. The van der Waals surface area contributed by atoms with Crippen LogP contribution >= 0.6 is 22.9 Å². The van der Waals surface area contributed by atoms with Crippen LogP contribution in [-0.2, 0) is 6.54 Å². The molecule has 2 aromatic heterocycles. The van der Waals surface area contributed by atoms with Gasteiger partial charge in [-0.1, -0.05) is 48.0 Å². The Kier molecular flexibility index (Phi) is 5.29. The number of fused-ring (bicyclic) bond motifs is 1. The first-order valence-corrected chi connectivity index (χ1v) is 11.2. The largest absolute Gasteiger partial charge is 0.369 e. The first-order valence-electron chi connectivity index (χ1n) is 9.96. The second-order valence-electron chi connectivity index (χ2n) is 7.45. The zero-order chi connectivity index (χ0) is 20.5. The van der Waals surface area contributed by atoms with Crippen molar-refractivity contribution in [3.63, 3.8) is 0 Å². The Balaban J connectivity index is 1.31. The van der Waals surface area contributed by atoms with Gasteiger partial charge in [-0.05, 0) is 23.8 Å². The summed E-state index contributed by atoms with van der Waals surface area (Å²) in [6.07, 6.45) is 0. The summed E-state index contributed by atoms with van der Waals surface area (Å²) < 4.78 is 0. The first kappa shape index (κ1) is 19.3. The summed E-state index contributed by atoms with van der Waals surface area (Å²) in [5.41, 5.74) is 3.08. The van der Waals surface area contributed by atoms with Crippen molar-refractivity contribution in [2.24, 2.45) is 0 Å². The second-order valence-corrected chi connectivity index (χ2v) is 8.75. The van der Waals surface area contributed by atoms with E-state index in [9.17, 15) is 4.79 Å². The van der Waals surface area contributed by atoms with E-state index >= 15 is 0 Å². The summed E-state index contributed by atoms with van der Waals surface area (Å²) in [7, 11) is 0. The number of hydrogen-bond donors (Lipinski definition) is 1. The van der Waals surface area contributed by atoms with E-state index in [0.29, 0.717) is 11.9 Å². The van der Waals surface area contributed by atoms with Crippen molar-refractivity contribution in [2.75, 3.05) is 31.1 Å². The van der Waals surface area contributed by atoms with Crippen molar-refractivity contribution in [1.29, 1.82) is 0 Å². The molecule has 1 fully saturated rings. The zero-order valence-corrected chi connectivity index (χ0v) is 17.9. The third kappa shape index (κ3) is 3.86. The van der Waals surface area contributed by atoms with Crippen molar-refractivity contribution in [3.8, 4) is 11.1 Å². The smallest absolute Gasteiger partial charge is 0.260 e. The molecule has 1 aliphatic heterocycles. The molecule has 2 aromatic carbocycles. The van der Waals surface area contributed by atoms with E-state index in [0.717, 1.165) is 58.7 Å². The molecule has 4 aromatic rings. The van der Waals surface area contributed by atoms with Crippen molar-refractivity contribution >= 4 is 38.8 Å². The number of hydrogen-bond acceptors (Lipinski definition) is 5. The zero-order valence-electron chi connectivity index (χ0n) is 16.3. The van der Waals surface area contributed by atoms with Gasteiger partial charge in [-0.25, -0.2) is 4.98 Å². The summed E-state index contributed by atoms with van der Waals surface area (Å²) in [4.78, 5) is 26.1. The highest BCUT2D eigenvalue weighted by Crippen LogP contribution is 2.30. The number of nitrogens with one attached hydrogen (secondary N) is 1. The van der Waals surface area contributed by atoms with Crippen LogP contribution < -0.4 is 10.5 Å². The Bertz CT molecular complexity index is 1230. The lowest BCUT2D eigenvalue weighted by molar-refractivity contribution is 0.244. The van der Waals surface area contributed by atoms with Gasteiger partial charge in [0.2, 0.25) is 0 Å². The second kappa shape index (κ2) is 8.22. The van der Waals surface area contributed by atoms with Crippen LogP contribution in [0.2, 0.25) is 5.02 Å². The molecule has 0 bridgehead atoms. The molecule has 0 saturated carbocycles. The number of H-pyrrole nitrogens is 1. The first-order chi connectivity index (χ1) is 14.7. The Hall–Kier alpha value is -2.67. The standard InChI is InChI=1S/C23H21ClN4OS/c24-17-7-4-8-18(13-17)28-11-9-27(10-12-28)14-20-25-22(29)21-19(15-30-23(21)26-20)16-5-2-1-3-6-16/h1-8,13,15H,9-12,14H2,(H,25,26,29). The maximum Gasteiger partial charge on any atom is 0.260 e. The fourth-order valence-electron chi connectivity index (χ4n) is 3.95. The van der Waals surface area contributed by atoms with Gasteiger partial charge in [0.1, 0.15) is 10.7 Å². The number of aromatic nitrogens is 2. The van der Waals surface area contributed by atoms with E-state index in [-0.39, 0.29) is 5.56 Å². The molecule has 3 heterocycles. The molecule has 0 atom stereocenters. The fraction of sp³-hybridized carbons (Fsp3) is 0.217. The number of benzene rings is 2. The SMILES string of the molecule is O=c1[nH]c(CN2CCN(c3cccc(Cl)c3)CC2)nc2scc(-c3ccccc3)c12. The molecule has 152 valence electrons. The fourth-order valence-corrected chi connectivity index (χ4v) is 5.10. The van der Waals surface area contributed by atoms with Crippen molar-refractivity contribution in [2.45, 2.75) is 6.54 Å². The Morgan fingerprint density at radius 1 is 1.03 bits per heavy atom. The molecule has 1 N–H and O–H groups in total. The summed E-state index contributed by atoms with van der Waals surface area (Å²) >= 11 is 7.65. The number of piperazine rings is 1. The maximum absolute atomic E-state index is 12.8. The minimum atomic E-state index is -0.0623. The van der Waals surface area contributed by atoms with Crippen LogP contribution in [-0.4, -0.2) is 41.0 Å². The molecule has 0 amide bonds. The van der Waals surface area contributed by atoms with Crippen molar-refractivity contribution < 1.29 is 0 Å². The van der Waals surface area contributed by atoms with Crippen LogP contribution in [0, 0.1) is 0 Å². The normalized spacial score (nSPS) is 15.0. The van der Waals surface area contributed by atoms with E-state index in [4.69, 9.17) is 16.6 Å². The van der Waals surface area contributed by atoms with Crippen LogP contribution in [0.1, 0.15) is 5.82 Å². The van der Waals surface area contributed by atoms with E-state index in [1.54, 1.807) is 0 Å². The molecule has 5 rings (SSSR count). The van der Waals surface area contributed by atoms with Gasteiger partial charge in [-0.15, -0.1) is 11.3 Å². The average molecular weight is 437 g/mol. The lowest BCUT2D eigenvalue weighted by Crippen LogP contribution is -2.46. The molecule has 0 unspecified atom stereocenters. The highest BCUT2D eigenvalue weighted by molar-refractivity contribution is 7.17. The molecule has 30 heavy (non-hydrogen) atoms. The van der Waals surface area contributed by atoms with Crippen LogP contribution in [0.3, 0.4) is 0 Å². The van der Waals surface area contributed by atoms with E-state index in [1.165, 1.54) is 11.3 Å². The number of aromatic amines is 1. The van der Waals surface area contributed by atoms with Gasteiger partial charge in [0.25, 0.3) is 5.56 Å². The van der Waals surface area contributed by atoms with Crippen molar-refractivity contribution in [1.82, 2.24) is 14.9 Å². The molecule has 0 spiro atoms. The predicted octanol–water partition coefficient (Wildman–Crippen LogP) is 4.63. The Morgan fingerprint density at radius 2 is 1.83 bits per heavy atom. The molecular weight excluding hydrogens is 416 g/mol. The van der Waals surface area contributed by atoms with Gasteiger partial charge >= 0.3 is 0 Å². The average Bonchev–Trinajstić information content (AvgIpc) is 3.19. The molecule has 7 heteroatoms. The van der Waals surface area contributed by atoms with Gasteiger partial charge in [0, 0.05) is 47.8 Å². The number of anilines is 1. The minimum Gasteiger partial charge on any atom is -0.369 e. The number of nitrogens with zero attached hydrogens (tertiary/aromatic N) is 3. The highest BCUT2D eigenvalue weighted by Gasteiger charge is 2.19. The van der Waals surface area contributed by atoms with Crippen molar-refractivity contribution in [3.05, 3.63) is 81.2 Å². The monoisotopic (exact) mass is 436 g/mol. The highest BCUT2D eigenvalue weighted by atomic mass is 35.5. The van der Waals surface area contributed by atoms with Gasteiger partial charge in [-0.2, -0.15) is 0 Å².